The van der Waals surface area contributed by atoms with Crippen molar-refractivity contribution >= 4 is 11.8 Å². The summed E-state index contributed by atoms with van der Waals surface area (Å²) >= 11 is 1.82. The molecule has 1 rings (SSSR count). The lowest BCUT2D eigenvalue weighted by molar-refractivity contribution is 0.424. The van der Waals surface area contributed by atoms with Crippen LogP contribution in [0.15, 0.2) is 29.2 Å². The molecular weight excluding hydrogens is 226 g/mol. The van der Waals surface area contributed by atoms with Crippen molar-refractivity contribution in [3.63, 3.8) is 0 Å². The van der Waals surface area contributed by atoms with Gasteiger partial charge in [0.2, 0.25) is 0 Å². The van der Waals surface area contributed by atoms with E-state index in [2.05, 4.69) is 56.3 Å². The van der Waals surface area contributed by atoms with E-state index in [0.717, 1.165) is 18.7 Å². The van der Waals surface area contributed by atoms with E-state index >= 15 is 0 Å². The van der Waals surface area contributed by atoms with Crippen LogP contribution in [0.25, 0.3) is 0 Å². The second-order valence-corrected chi connectivity index (χ2v) is 6.22. The smallest absolute Gasteiger partial charge is 0.0210 e. The van der Waals surface area contributed by atoms with E-state index in [0.29, 0.717) is 0 Å². The van der Waals surface area contributed by atoms with Crippen LogP contribution in [0, 0.1) is 12.3 Å². The predicted molar refractivity (Wildman–Crippen MR) is 77.2 cm³/mol. The normalized spacial score (nSPS) is 11.2. The number of rotatable bonds is 5. The first-order valence-corrected chi connectivity index (χ1v) is 6.90. The summed E-state index contributed by atoms with van der Waals surface area (Å²) in [5.41, 5.74) is 1.48. The molecule has 0 bridgehead atoms. The third-order valence-corrected chi connectivity index (χ3v) is 3.23. The van der Waals surface area contributed by atoms with Crippen molar-refractivity contribution < 1.29 is 0 Å². The van der Waals surface area contributed by atoms with Gasteiger partial charge in [0.15, 0.2) is 0 Å². The summed E-state index contributed by atoms with van der Waals surface area (Å²) in [5.74, 6) is 3.66. The standard InChI is InChI=1S/C15H21NS/c1-5-6-10-17-14-9-7-8-13(11-14)12-16-15(2,3)4/h1,7-9,11,16H,6,10,12H2,2-4H3. The SMILES string of the molecule is C#CCCSc1cccc(CNC(C)(C)C)c1. The van der Waals surface area contributed by atoms with Crippen molar-refractivity contribution in [3.05, 3.63) is 29.8 Å². The van der Waals surface area contributed by atoms with Gasteiger partial charge < -0.3 is 5.32 Å². The quantitative estimate of drug-likeness (QED) is 0.484. The summed E-state index contributed by atoms with van der Waals surface area (Å²) in [4.78, 5) is 1.30. The first kappa shape index (κ1) is 14.2. The van der Waals surface area contributed by atoms with Gasteiger partial charge in [-0.25, -0.2) is 0 Å². The first-order chi connectivity index (χ1) is 8.01. The van der Waals surface area contributed by atoms with Crippen LogP contribution >= 0.6 is 11.8 Å². The van der Waals surface area contributed by atoms with Crippen molar-refractivity contribution in [2.75, 3.05) is 5.75 Å². The Morgan fingerprint density at radius 2 is 2.12 bits per heavy atom. The Hall–Kier alpha value is -0.910. The Morgan fingerprint density at radius 3 is 2.76 bits per heavy atom. The van der Waals surface area contributed by atoms with Gasteiger partial charge in [-0.2, -0.15) is 0 Å². The summed E-state index contributed by atoms with van der Waals surface area (Å²) < 4.78 is 0. The first-order valence-electron chi connectivity index (χ1n) is 5.91. The van der Waals surface area contributed by atoms with Crippen molar-refractivity contribution in [2.24, 2.45) is 0 Å². The maximum atomic E-state index is 5.24. The minimum atomic E-state index is 0.159. The fraction of sp³-hybridized carbons (Fsp3) is 0.467. The number of thioether (sulfide) groups is 1. The molecule has 0 unspecified atom stereocenters. The number of hydrogen-bond acceptors (Lipinski definition) is 2. The van der Waals surface area contributed by atoms with E-state index in [1.807, 2.05) is 11.8 Å². The molecular formula is C15H21NS. The minimum Gasteiger partial charge on any atom is -0.308 e. The van der Waals surface area contributed by atoms with E-state index in [9.17, 15) is 0 Å². The molecule has 1 aromatic rings. The van der Waals surface area contributed by atoms with Gasteiger partial charge in [-0.3, -0.25) is 0 Å². The second-order valence-electron chi connectivity index (χ2n) is 5.05. The molecule has 0 spiro atoms. The third kappa shape index (κ3) is 6.41. The average molecular weight is 247 g/mol. The highest BCUT2D eigenvalue weighted by Gasteiger charge is 2.08. The van der Waals surface area contributed by atoms with Crippen molar-refractivity contribution in [2.45, 2.75) is 44.2 Å². The number of benzene rings is 1. The lowest BCUT2D eigenvalue weighted by Crippen LogP contribution is -2.35. The molecule has 1 aromatic carbocycles. The fourth-order valence-electron chi connectivity index (χ4n) is 1.34. The molecule has 0 fully saturated rings. The van der Waals surface area contributed by atoms with Gasteiger partial charge in [-0.15, -0.1) is 24.1 Å². The van der Waals surface area contributed by atoms with E-state index in [1.54, 1.807) is 0 Å². The van der Waals surface area contributed by atoms with Crippen LogP contribution in [0.5, 0.6) is 0 Å². The van der Waals surface area contributed by atoms with Crippen LogP contribution in [0.3, 0.4) is 0 Å². The molecule has 0 aliphatic heterocycles. The highest BCUT2D eigenvalue weighted by Crippen LogP contribution is 2.20. The molecule has 1 nitrogen and oxygen atoms in total. The van der Waals surface area contributed by atoms with E-state index in [4.69, 9.17) is 6.42 Å². The van der Waals surface area contributed by atoms with Gasteiger partial charge in [0, 0.05) is 29.2 Å². The molecule has 0 radical (unpaired) electrons. The highest BCUT2D eigenvalue weighted by molar-refractivity contribution is 7.99. The third-order valence-electron chi connectivity index (χ3n) is 2.24. The Bertz CT molecular complexity index is 385. The van der Waals surface area contributed by atoms with Gasteiger partial charge in [-0.1, -0.05) is 12.1 Å². The topological polar surface area (TPSA) is 12.0 Å². The van der Waals surface area contributed by atoms with Gasteiger partial charge in [-0.05, 0) is 38.5 Å². The van der Waals surface area contributed by atoms with Gasteiger partial charge in [0.05, 0.1) is 0 Å². The average Bonchev–Trinajstić information content (AvgIpc) is 2.27. The Balaban J connectivity index is 2.51. The molecule has 17 heavy (non-hydrogen) atoms. The Labute approximate surface area is 109 Å². The molecule has 0 amide bonds. The molecule has 0 aliphatic carbocycles. The maximum absolute atomic E-state index is 5.24. The summed E-state index contributed by atoms with van der Waals surface area (Å²) in [5, 5.41) is 3.49. The lowest BCUT2D eigenvalue weighted by atomic mass is 10.1. The molecule has 0 heterocycles. The lowest BCUT2D eigenvalue weighted by Gasteiger charge is -2.20. The zero-order valence-electron chi connectivity index (χ0n) is 10.9. The zero-order chi connectivity index (χ0) is 12.7. The molecule has 0 atom stereocenters. The number of terminal acetylenes is 1. The molecule has 0 saturated carbocycles. The van der Waals surface area contributed by atoms with Crippen LogP contribution in [0.4, 0.5) is 0 Å². The highest BCUT2D eigenvalue weighted by atomic mass is 32.2. The van der Waals surface area contributed by atoms with Crippen LogP contribution < -0.4 is 5.32 Å². The zero-order valence-corrected chi connectivity index (χ0v) is 11.7. The van der Waals surface area contributed by atoms with Crippen LogP contribution in [-0.2, 0) is 6.54 Å². The number of hydrogen-bond donors (Lipinski definition) is 1. The summed E-state index contributed by atoms with van der Waals surface area (Å²) in [6.07, 6.45) is 6.07. The predicted octanol–water partition coefficient (Wildman–Crippen LogP) is 3.69. The molecule has 2 heteroatoms. The minimum absolute atomic E-state index is 0.159. The summed E-state index contributed by atoms with van der Waals surface area (Å²) in [6, 6.07) is 8.64. The van der Waals surface area contributed by atoms with E-state index in [1.165, 1.54) is 10.5 Å². The fourth-order valence-corrected chi connectivity index (χ4v) is 2.21. The molecule has 0 aromatic heterocycles. The van der Waals surface area contributed by atoms with Crippen LogP contribution in [0.2, 0.25) is 0 Å². The van der Waals surface area contributed by atoms with Crippen LogP contribution in [0.1, 0.15) is 32.8 Å². The van der Waals surface area contributed by atoms with E-state index < -0.39 is 0 Å². The Morgan fingerprint density at radius 1 is 1.35 bits per heavy atom. The van der Waals surface area contributed by atoms with Crippen molar-refractivity contribution in [1.29, 1.82) is 0 Å². The molecule has 1 N–H and O–H groups in total. The Kier molecular flexibility index (Phi) is 5.61. The molecule has 92 valence electrons. The molecule has 0 saturated heterocycles. The van der Waals surface area contributed by atoms with Gasteiger partial charge >= 0.3 is 0 Å². The van der Waals surface area contributed by atoms with E-state index in [-0.39, 0.29) is 5.54 Å². The van der Waals surface area contributed by atoms with Crippen LogP contribution in [-0.4, -0.2) is 11.3 Å². The monoisotopic (exact) mass is 247 g/mol. The second kappa shape index (κ2) is 6.74. The van der Waals surface area contributed by atoms with Crippen molar-refractivity contribution in [1.82, 2.24) is 5.32 Å². The van der Waals surface area contributed by atoms with Gasteiger partial charge in [0.1, 0.15) is 0 Å². The summed E-state index contributed by atoms with van der Waals surface area (Å²) in [6.45, 7) is 7.45. The van der Waals surface area contributed by atoms with Gasteiger partial charge in [0.25, 0.3) is 0 Å². The summed E-state index contributed by atoms with van der Waals surface area (Å²) in [7, 11) is 0. The maximum Gasteiger partial charge on any atom is 0.0210 e. The molecule has 0 aliphatic rings. The van der Waals surface area contributed by atoms with Crippen molar-refractivity contribution in [3.8, 4) is 12.3 Å². The largest absolute Gasteiger partial charge is 0.308 e. The number of nitrogens with one attached hydrogen (secondary N) is 1.